The fourth-order valence-electron chi connectivity index (χ4n) is 0.290. The van der Waals surface area contributed by atoms with Crippen LogP contribution in [0, 0.1) is 4.64 Å². The van der Waals surface area contributed by atoms with Crippen LogP contribution < -0.4 is 0 Å². The van der Waals surface area contributed by atoms with Crippen LogP contribution in [0.1, 0.15) is 0 Å². The van der Waals surface area contributed by atoms with Crippen molar-refractivity contribution in [2.75, 3.05) is 0 Å². The Kier molecular flexibility index (Phi) is 1.30. The summed E-state index contributed by atoms with van der Waals surface area (Å²) in [7, 11) is 0. The van der Waals surface area contributed by atoms with Crippen molar-refractivity contribution >= 4 is 28.1 Å². The first-order valence-corrected chi connectivity index (χ1v) is 2.92. The highest BCUT2D eigenvalue weighted by Crippen LogP contribution is 2.05. The first-order chi connectivity index (χ1) is 3.30. The molecule has 0 radical (unpaired) electrons. The summed E-state index contributed by atoms with van der Waals surface area (Å²) in [5.41, 5.74) is 0. The van der Waals surface area contributed by atoms with E-state index in [4.69, 9.17) is 12.2 Å². The third-order valence-electron chi connectivity index (χ3n) is 0.602. The highest BCUT2D eigenvalue weighted by molar-refractivity contribution is 9.10. The minimum atomic E-state index is 0.708. The molecule has 1 aromatic heterocycles. The highest BCUT2D eigenvalue weighted by Gasteiger charge is 1.84. The molecule has 1 rings (SSSR count). The first-order valence-electron chi connectivity index (χ1n) is 1.72. The third-order valence-corrected chi connectivity index (χ3v) is 1.81. The second-order valence-corrected chi connectivity index (χ2v) is 2.35. The number of H-pyrrole nitrogens is 2. The van der Waals surface area contributed by atoms with E-state index in [1.54, 1.807) is 6.20 Å². The lowest BCUT2D eigenvalue weighted by molar-refractivity contribution is 1.08. The van der Waals surface area contributed by atoms with Gasteiger partial charge in [0.1, 0.15) is 4.64 Å². The summed E-state index contributed by atoms with van der Waals surface area (Å²) >= 11 is 7.95. The van der Waals surface area contributed by atoms with Gasteiger partial charge < -0.3 is 5.10 Å². The second kappa shape index (κ2) is 1.79. The summed E-state index contributed by atoms with van der Waals surface area (Å²) in [5, 5.41) is 5.43. The zero-order valence-electron chi connectivity index (χ0n) is 3.36. The van der Waals surface area contributed by atoms with Gasteiger partial charge >= 0.3 is 0 Å². The number of nitrogens with one attached hydrogen (secondary N) is 2. The van der Waals surface area contributed by atoms with Crippen LogP contribution in [0.3, 0.4) is 0 Å². The molecule has 1 heterocycles. The fourth-order valence-corrected chi connectivity index (χ4v) is 0.622. The summed E-state index contributed by atoms with van der Waals surface area (Å²) in [6.45, 7) is 0. The van der Waals surface area contributed by atoms with Crippen LogP contribution in [0.15, 0.2) is 10.7 Å². The molecular weight excluding hydrogens is 176 g/mol. The van der Waals surface area contributed by atoms with Gasteiger partial charge in [-0.25, -0.2) is 0 Å². The lowest BCUT2D eigenvalue weighted by atomic mass is 10.8. The Bertz CT molecular complexity index is 201. The summed E-state index contributed by atoms with van der Waals surface area (Å²) in [5.74, 6) is 0. The molecule has 0 aliphatic heterocycles. The minimum Gasteiger partial charge on any atom is -0.306 e. The van der Waals surface area contributed by atoms with Crippen molar-refractivity contribution in [3.63, 3.8) is 0 Å². The average Bonchev–Trinajstić information content (AvgIpc) is 1.91. The van der Waals surface area contributed by atoms with E-state index in [-0.39, 0.29) is 0 Å². The molecule has 0 saturated heterocycles. The van der Waals surface area contributed by atoms with Crippen LogP contribution in [0.25, 0.3) is 0 Å². The number of halogens is 1. The Balaban J connectivity index is 3.39. The number of hydrogen-bond acceptors (Lipinski definition) is 1. The van der Waals surface area contributed by atoms with Gasteiger partial charge in [-0.1, -0.05) is 12.2 Å². The number of rotatable bonds is 0. The Morgan fingerprint density at radius 3 is 2.57 bits per heavy atom. The molecular formula is C3H3BrN2S. The van der Waals surface area contributed by atoms with E-state index in [1.165, 1.54) is 0 Å². The van der Waals surface area contributed by atoms with Gasteiger partial charge in [0.05, 0.1) is 4.47 Å². The maximum atomic E-state index is 4.75. The second-order valence-electron chi connectivity index (χ2n) is 1.09. The normalized spacial score (nSPS) is 9.29. The molecule has 0 saturated carbocycles. The molecule has 4 heteroatoms. The van der Waals surface area contributed by atoms with Gasteiger partial charge in [-0.2, -0.15) is 0 Å². The molecule has 0 aliphatic carbocycles. The monoisotopic (exact) mass is 178 g/mol. The molecule has 0 bridgehead atoms. The largest absolute Gasteiger partial charge is 0.306 e. The molecule has 0 fully saturated rings. The molecule has 2 N–H and O–H groups in total. The van der Waals surface area contributed by atoms with Crippen molar-refractivity contribution in [1.82, 2.24) is 10.2 Å². The van der Waals surface area contributed by atoms with Crippen molar-refractivity contribution in [2.45, 2.75) is 0 Å². The maximum Gasteiger partial charge on any atom is 0.133 e. The van der Waals surface area contributed by atoms with Crippen LogP contribution in [0.2, 0.25) is 0 Å². The minimum absolute atomic E-state index is 0.708. The van der Waals surface area contributed by atoms with Crippen molar-refractivity contribution < 1.29 is 0 Å². The molecule has 0 spiro atoms. The van der Waals surface area contributed by atoms with Gasteiger partial charge in [0, 0.05) is 6.20 Å². The quantitative estimate of drug-likeness (QED) is 0.585. The summed E-state index contributed by atoms with van der Waals surface area (Å²) in [4.78, 5) is 0. The summed E-state index contributed by atoms with van der Waals surface area (Å²) in [6.07, 6.45) is 1.75. The highest BCUT2D eigenvalue weighted by atomic mass is 79.9. The van der Waals surface area contributed by atoms with Crippen molar-refractivity contribution in [1.29, 1.82) is 0 Å². The standard InChI is InChI=1S/C3H3BrN2S/c4-2-1-5-6-3(2)7/h1H,(H2,5,6,7). The topological polar surface area (TPSA) is 31.6 Å². The first kappa shape index (κ1) is 5.05. The molecule has 1 aromatic rings. The Morgan fingerprint density at radius 1 is 1.71 bits per heavy atom. The molecule has 0 atom stereocenters. The lowest BCUT2D eigenvalue weighted by Gasteiger charge is -1.64. The van der Waals surface area contributed by atoms with Gasteiger partial charge in [-0.05, 0) is 15.9 Å². The molecule has 38 valence electrons. The van der Waals surface area contributed by atoms with Crippen LogP contribution in [0.5, 0.6) is 0 Å². The van der Waals surface area contributed by atoms with Crippen LogP contribution in [-0.4, -0.2) is 10.2 Å². The molecule has 0 amide bonds. The zero-order valence-corrected chi connectivity index (χ0v) is 5.77. The molecule has 2 nitrogen and oxygen atoms in total. The van der Waals surface area contributed by atoms with Gasteiger partial charge in [-0.3, -0.25) is 5.10 Å². The van der Waals surface area contributed by atoms with Crippen molar-refractivity contribution in [2.24, 2.45) is 0 Å². The van der Waals surface area contributed by atoms with E-state index < -0.39 is 0 Å². The number of hydrogen-bond donors (Lipinski definition) is 2. The maximum absolute atomic E-state index is 4.75. The van der Waals surface area contributed by atoms with E-state index in [1.807, 2.05) is 0 Å². The number of aromatic nitrogens is 2. The van der Waals surface area contributed by atoms with E-state index in [0.717, 1.165) is 4.47 Å². The molecule has 0 unspecified atom stereocenters. The van der Waals surface area contributed by atoms with Gasteiger partial charge in [0.25, 0.3) is 0 Å². The smallest absolute Gasteiger partial charge is 0.133 e. The van der Waals surface area contributed by atoms with Crippen molar-refractivity contribution in [3.8, 4) is 0 Å². The predicted octanol–water partition coefficient (Wildman–Crippen LogP) is 1.83. The van der Waals surface area contributed by atoms with Gasteiger partial charge in [0.2, 0.25) is 0 Å². The van der Waals surface area contributed by atoms with E-state index in [0.29, 0.717) is 4.64 Å². The van der Waals surface area contributed by atoms with E-state index in [2.05, 4.69) is 26.1 Å². The average molecular weight is 179 g/mol. The Morgan fingerprint density at radius 2 is 2.43 bits per heavy atom. The number of aromatic amines is 2. The Hall–Kier alpha value is -0.0900. The van der Waals surface area contributed by atoms with E-state index >= 15 is 0 Å². The summed E-state index contributed by atoms with van der Waals surface area (Å²) in [6, 6.07) is 0. The molecule has 0 aliphatic rings. The van der Waals surface area contributed by atoms with E-state index in [9.17, 15) is 0 Å². The van der Waals surface area contributed by atoms with Crippen LogP contribution in [-0.2, 0) is 0 Å². The predicted molar refractivity (Wildman–Crippen MR) is 33.7 cm³/mol. The fraction of sp³-hybridized carbons (Fsp3) is 0. The molecule has 7 heavy (non-hydrogen) atoms. The SMILES string of the molecule is S=c1[nH][nH]cc1Br. The van der Waals surface area contributed by atoms with Gasteiger partial charge in [0.15, 0.2) is 0 Å². The third kappa shape index (κ3) is 0.920. The van der Waals surface area contributed by atoms with Gasteiger partial charge in [-0.15, -0.1) is 0 Å². The van der Waals surface area contributed by atoms with Crippen molar-refractivity contribution in [3.05, 3.63) is 15.3 Å². The zero-order chi connectivity index (χ0) is 5.28. The Labute approximate surface area is 54.1 Å². The summed E-state index contributed by atoms with van der Waals surface area (Å²) < 4.78 is 1.61. The lowest BCUT2D eigenvalue weighted by Crippen LogP contribution is -1.58. The molecule has 0 aromatic carbocycles. The van der Waals surface area contributed by atoms with Crippen LogP contribution >= 0.6 is 28.1 Å². The van der Waals surface area contributed by atoms with Crippen LogP contribution in [0.4, 0.5) is 0 Å².